The predicted molar refractivity (Wildman–Crippen MR) is 70.3 cm³/mol. The van der Waals surface area contributed by atoms with Gasteiger partial charge in [-0.3, -0.25) is 0 Å². The van der Waals surface area contributed by atoms with Gasteiger partial charge in [0.1, 0.15) is 0 Å². The Morgan fingerprint density at radius 2 is 1.72 bits per heavy atom. The maximum Gasteiger partial charge on any atom is 0.247 e. The molecule has 1 aromatic carbocycles. The van der Waals surface area contributed by atoms with E-state index in [0.29, 0.717) is 16.4 Å². The van der Waals surface area contributed by atoms with Gasteiger partial charge < -0.3 is 0 Å². The fraction of sp³-hybridized carbons (Fsp3) is 0.167. The van der Waals surface area contributed by atoms with Crippen LogP contribution in [0.15, 0.2) is 35.5 Å². The maximum atomic E-state index is 11.5. The molecule has 0 aliphatic rings. The maximum absolute atomic E-state index is 11.5. The molecule has 1 aromatic heterocycles. The van der Waals surface area contributed by atoms with Crippen LogP contribution in [0.4, 0.5) is 0 Å². The molecule has 2 rings (SSSR count). The molecule has 0 N–H and O–H groups in total. The van der Waals surface area contributed by atoms with Crippen molar-refractivity contribution in [3.05, 3.63) is 41.0 Å². The summed E-state index contributed by atoms with van der Waals surface area (Å²) in [5, 5.41) is 0.459. The van der Waals surface area contributed by atoms with Crippen LogP contribution in [0.2, 0.25) is 5.02 Å². The number of benzene rings is 1. The van der Waals surface area contributed by atoms with E-state index in [1.54, 1.807) is 37.3 Å². The topological polar surface area (TPSA) is 59.9 Å². The minimum atomic E-state index is -3.41. The Bertz CT molecular complexity index is 682. The molecule has 94 valence electrons. The van der Waals surface area contributed by atoms with E-state index in [4.69, 9.17) is 11.6 Å². The third-order valence-electron chi connectivity index (χ3n) is 2.31. The van der Waals surface area contributed by atoms with Gasteiger partial charge in [-0.1, -0.05) is 23.7 Å². The molecule has 0 spiro atoms. The summed E-state index contributed by atoms with van der Waals surface area (Å²) in [6.45, 7) is 1.73. The molecule has 0 saturated carbocycles. The van der Waals surface area contributed by atoms with E-state index in [9.17, 15) is 8.42 Å². The summed E-state index contributed by atoms with van der Waals surface area (Å²) in [4.78, 5) is 7.99. The van der Waals surface area contributed by atoms with Crippen molar-refractivity contribution in [2.45, 2.75) is 12.1 Å². The number of aryl methyl sites for hydroxylation is 1. The summed E-state index contributed by atoms with van der Waals surface area (Å²) in [6.07, 6.45) is 1.09. The Balaban J connectivity index is 2.59. The second-order valence-corrected chi connectivity index (χ2v) is 6.30. The zero-order valence-corrected chi connectivity index (χ0v) is 11.5. The molecule has 6 heteroatoms. The minimum Gasteiger partial charge on any atom is -0.224 e. The normalized spacial score (nSPS) is 11.5. The first kappa shape index (κ1) is 13.0. The summed E-state index contributed by atoms with van der Waals surface area (Å²) in [6, 6.07) is 8.77. The molecule has 0 bridgehead atoms. The largest absolute Gasteiger partial charge is 0.247 e. The molecule has 0 aliphatic heterocycles. The highest BCUT2D eigenvalue weighted by molar-refractivity contribution is 7.90. The average molecular weight is 283 g/mol. The molecule has 0 fully saturated rings. The molecule has 0 amide bonds. The molecule has 0 unspecified atom stereocenters. The minimum absolute atomic E-state index is 0.160. The van der Waals surface area contributed by atoms with Crippen LogP contribution in [0, 0.1) is 6.92 Å². The Hall–Kier alpha value is -1.46. The number of hydrogen-bond acceptors (Lipinski definition) is 4. The summed E-state index contributed by atoms with van der Waals surface area (Å²) >= 11 is 5.81. The zero-order chi connectivity index (χ0) is 13.3. The van der Waals surface area contributed by atoms with Gasteiger partial charge in [-0.05, 0) is 25.1 Å². The van der Waals surface area contributed by atoms with Crippen molar-refractivity contribution in [3.8, 4) is 11.3 Å². The van der Waals surface area contributed by atoms with E-state index in [2.05, 4.69) is 9.97 Å². The number of nitrogens with zero attached hydrogens (tertiary/aromatic N) is 2. The summed E-state index contributed by atoms with van der Waals surface area (Å²) < 4.78 is 23.0. The molecule has 18 heavy (non-hydrogen) atoms. The monoisotopic (exact) mass is 282 g/mol. The highest BCUT2D eigenvalue weighted by Gasteiger charge is 2.13. The van der Waals surface area contributed by atoms with E-state index in [1.807, 2.05) is 0 Å². The number of aromatic nitrogens is 2. The Morgan fingerprint density at radius 1 is 1.11 bits per heavy atom. The van der Waals surface area contributed by atoms with E-state index in [-0.39, 0.29) is 5.16 Å². The van der Waals surface area contributed by atoms with Gasteiger partial charge in [-0.15, -0.1) is 0 Å². The van der Waals surface area contributed by atoms with Gasteiger partial charge in [-0.25, -0.2) is 18.4 Å². The van der Waals surface area contributed by atoms with Crippen LogP contribution in [0.3, 0.4) is 0 Å². The highest BCUT2D eigenvalue weighted by atomic mass is 35.5. The van der Waals surface area contributed by atoms with Crippen molar-refractivity contribution < 1.29 is 8.42 Å². The van der Waals surface area contributed by atoms with Crippen LogP contribution in [-0.2, 0) is 9.84 Å². The lowest BCUT2D eigenvalue weighted by molar-refractivity contribution is 0.592. The van der Waals surface area contributed by atoms with E-state index < -0.39 is 9.84 Å². The number of sulfone groups is 1. The molecule has 0 atom stereocenters. The molecule has 4 nitrogen and oxygen atoms in total. The van der Waals surface area contributed by atoms with Gasteiger partial charge in [0, 0.05) is 22.5 Å². The third-order valence-corrected chi connectivity index (χ3v) is 3.40. The van der Waals surface area contributed by atoms with Crippen LogP contribution in [0.25, 0.3) is 11.3 Å². The number of hydrogen-bond donors (Lipinski definition) is 0. The van der Waals surface area contributed by atoms with Crippen LogP contribution in [-0.4, -0.2) is 24.6 Å². The van der Waals surface area contributed by atoms with Crippen molar-refractivity contribution in [2.24, 2.45) is 0 Å². The summed E-state index contributed by atoms with van der Waals surface area (Å²) in [7, 11) is -3.41. The zero-order valence-electron chi connectivity index (χ0n) is 9.88. The van der Waals surface area contributed by atoms with Crippen LogP contribution >= 0.6 is 11.6 Å². The van der Waals surface area contributed by atoms with E-state index in [0.717, 1.165) is 11.8 Å². The van der Waals surface area contributed by atoms with Gasteiger partial charge >= 0.3 is 0 Å². The van der Waals surface area contributed by atoms with Crippen molar-refractivity contribution >= 4 is 21.4 Å². The fourth-order valence-corrected chi connectivity index (χ4v) is 2.18. The Morgan fingerprint density at radius 3 is 2.28 bits per heavy atom. The van der Waals surface area contributed by atoms with Crippen molar-refractivity contribution in [2.75, 3.05) is 6.26 Å². The molecule has 0 radical (unpaired) electrons. The average Bonchev–Trinajstić information content (AvgIpc) is 2.28. The lowest BCUT2D eigenvalue weighted by Crippen LogP contribution is -2.06. The first-order valence-corrected chi connectivity index (χ1v) is 7.45. The molecule has 2 aromatic rings. The lowest BCUT2D eigenvalue weighted by Gasteiger charge is -2.05. The Labute approximate surface area is 111 Å². The van der Waals surface area contributed by atoms with Crippen molar-refractivity contribution in [3.63, 3.8) is 0 Å². The van der Waals surface area contributed by atoms with Crippen LogP contribution < -0.4 is 0 Å². The van der Waals surface area contributed by atoms with E-state index >= 15 is 0 Å². The van der Waals surface area contributed by atoms with Gasteiger partial charge in [0.15, 0.2) is 0 Å². The molecule has 1 heterocycles. The SMILES string of the molecule is Cc1cc(-c2ccc(Cl)cc2)nc(S(C)(=O)=O)n1. The summed E-state index contributed by atoms with van der Waals surface area (Å²) in [5.74, 6) is 0. The van der Waals surface area contributed by atoms with E-state index in [1.165, 1.54) is 0 Å². The first-order valence-electron chi connectivity index (χ1n) is 5.18. The van der Waals surface area contributed by atoms with Gasteiger partial charge in [0.2, 0.25) is 15.0 Å². The van der Waals surface area contributed by atoms with Crippen molar-refractivity contribution in [1.29, 1.82) is 0 Å². The van der Waals surface area contributed by atoms with Crippen molar-refractivity contribution in [1.82, 2.24) is 9.97 Å². The lowest BCUT2D eigenvalue weighted by atomic mass is 10.1. The summed E-state index contributed by atoms with van der Waals surface area (Å²) in [5.41, 5.74) is 1.98. The molecular weight excluding hydrogens is 272 g/mol. The molecule has 0 saturated heterocycles. The van der Waals surface area contributed by atoms with Crippen LogP contribution in [0.1, 0.15) is 5.69 Å². The standard InChI is InChI=1S/C12H11ClN2O2S/c1-8-7-11(9-3-5-10(13)6-4-9)15-12(14-8)18(2,16)17/h3-7H,1-2H3. The second-order valence-electron chi connectivity index (χ2n) is 3.96. The highest BCUT2D eigenvalue weighted by Crippen LogP contribution is 2.21. The number of rotatable bonds is 2. The van der Waals surface area contributed by atoms with Gasteiger partial charge in [0.05, 0.1) is 5.69 Å². The first-order chi connectivity index (χ1) is 8.36. The Kier molecular flexibility index (Phi) is 3.36. The second kappa shape index (κ2) is 4.66. The quantitative estimate of drug-likeness (QED) is 0.794. The van der Waals surface area contributed by atoms with Gasteiger partial charge in [-0.2, -0.15) is 0 Å². The molecule has 0 aliphatic carbocycles. The predicted octanol–water partition coefficient (Wildman–Crippen LogP) is 2.51. The fourth-order valence-electron chi connectivity index (χ4n) is 1.48. The number of halogens is 1. The smallest absolute Gasteiger partial charge is 0.224 e. The third kappa shape index (κ3) is 2.86. The molecular formula is C12H11ClN2O2S. The van der Waals surface area contributed by atoms with Gasteiger partial charge in [0.25, 0.3) is 0 Å². The van der Waals surface area contributed by atoms with Crippen LogP contribution in [0.5, 0.6) is 0 Å².